The molecule has 0 saturated heterocycles. The summed E-state index contributed by atoms with van der Waals surface area (Å²) in [5, 5.41) is 19.6. The van der Waals surface area contributed by atoms with Gasteiger partial charge in [-0.25, -0.2) is 9.78 Å². The van der Waals surface area contributed by atoms with E-state index in [-0.39, 0.29) is 27.9 Å². The van der Waals surface area contributed by atoms with Gasteiger partial charge in [0.05, 0.1) is 4.92 Å². The zero-order chi connectivity index (χ0) is 15.6. The number of nitrogens with zero attached hydrogens (tertiary/aromatic N) is 2. The van der Waals surface area contributed by atoms with Gasteiger partial charge in [0, 0.05) is 9.64 Å². The van der Waals surface area contributed by atoms with Crippen molar-refractivity contribution < 1.29 is 19.6 Å². The topological polar surface area (TPSA) is 103 Å². The molecule has 2 aromatic rings. The molecule has 0 atom stereocenters. The van der Waals surface area contributed by atoms with Gasteiger partial charge in [0.25, 0.3) is 5.69 Å². The lowest BCUT2D eigenvalue weighted by atomic mass is 10.2. The van der Waals surface area contributed by atoms with Crippen LogP contribution in [0.4, 0.5) is 5.69 Å². The number of aromatic carboxylic acids is 1. The molecule has 1 N–H and O–H groups in total. The minimum atomic E-state index is -1.17. The number of rotatable bonds is 4. The molecule has 0 aliphatic rings. The van der Waals surface area contributed by atoms with Gasteiger partial charge in [-0.3, -0.25) is 10.1 Å². The third-order valence-electron chi connectivity index (χ3n) is 2.38. The summed E-state index contributed by atoms with van der Waals surface area (Å²) in [6.07, 6.45) is 0.981. The van der Waals surface area contributed by atoms with Crippen LogP contribution in [0.3, 0.4) is 0 Å². The summed E-state index contributed by atoms with van der Waals surface area (Å²) in [6.45, 7) is 0. The van der Waals surface area contributed by atoms with Gasteiger partial charge in [0.1, 0.15) is 22.5 Å². The Labute approximate surface area is 136 Å². The highest BCUT2D eigenvalue weighted by Gasteiger charge is 2.17. The molecule has 7 nitrogen and oxygen atoms in total. The smallest absolute Gasteiger partial charge is 0.339 e. The Balaban J connectivity index is 2.39. The lowest BCUT2D eigenvalue weighted by molar-refractivity contribution is -0.385. The van der Waals surface area contributed by atoms with Gasteiger partial charge < -0.3 is 9.84 Å². The van der Waals surface area contributed by atoms with E-state index < -0.39 is 10.9 Å². The average molecular weight is 421 g/mol. The zero-order valence-corrected chi connectivity index (χ0v) is 13.0. The molecule has 0 aliphatic heterocycles. The highest BCUT2D eigenvalue weighted by atomic mass is 127. The third-order valence-corrected chi connectivity index (χ3v) is 3.32. The Bertz CT molecular complexity index is 738. The Kier molecular flexibility index (Phi) is 4.58. The molecule has 21 heavy (non-hydrogen) atoms. The van der Waals surface area contributed by atoms with E-state index in [0.29, 0.717) is 0 Å². The fourth-order valence-corrected chi connectivity index (χ4v) is 2.14. The molecule has 0 saturated carbocycles. The van der Waals surface area contributed by atoms with E-state index in [4.69, 9.17) is 21.4 Å². The van der Waals surface area contributed by atoms with Crippen molar-refractivity contribution in [2.24, 2.45) is 0 Å². The first-order valence-corrected chi connectivity index (χ1v) is 6.85. The number of carboxylic acid groups (broad SMARTS) is 1. The van der Waals surface area contributed by atoms with Crippen LogP contribution in [0, 0.1) is 13.7 Å². The van der Waals surface area contributed by atoms with E-state index in [1.54, 1.807) is 6.07 Å². The van der Waals surface area contributed by atoms with Crippen LogP contribution in [0.15, 0.2) is 30.5 Å². The van der Waals surface area contributed by atoms with Crippen molar-refractivity contribution in [1.82, 2.24) is 4.98 Å². The van der Waals surface area contributed by atoms with Crippen LogP contribution < -0.4 is 4.74 Å². The largest absolute Gasteiger partial charge is 0.478 e. The van der Waals surface area contributed by atoms with E-state index >= 15 is 0 Å². The van der Waals surface area contributed by atoms with Crippen molar-refractivity contribution in [2.45, 2.75) is 0 Å². The molecular formula is C12H6ClIN2O5. The van der Waals surface area contributed by atoms with Crippen molar-refractivity contribution in [1.29, 1.82) is 0 Å². The van der Waals surface area contributed by atoms with Gasteiger partial charge in [0.15, 0.2) is 0 Å². The summed E-state index contributed by atoms with van der Waals surface area (Å²) in [4.78, 5) is 24.8. The molecule has 0 aliphatic carbocycles. The van der Waals surface area contributed by atoms with Gasteiger partial charge in [-0.05, 0) is 40.8 Å². The van der Waals surface area contributed by atoms with E-state index in [2.05, 4.69) is 4.98 Å². The number of ether oxygens (including phenoxy) is 1. The molecule has 1 aromatic heterocycles. The number of halogens is 2. The van der Waals surface area contributed by atoms with Crippen molar-refractivity contribution in [3.05, 3.63) is 54.7 Å². The summed E-state index contributed by atoms with van der Waals surface area (Å²) in [5.74, 6) is -1.22. The SMILES string of the molecule is O=C(O)c1cc(I)ccc1Oc1ncc([N+](=O)[O-])cc1Cl. The van der Waals surface area contributed by atoms with Gasteiger partial charge in [-0.2, -0.15) is 0 Å². The summed E-state index contributed by atoms with van der Waals surface area (Å²) in [6, 6.07) is 5.63. The second kappa shape index (κ2) is 6.22. The molecule has 108 valence electrons. The van der Waals surface area contributed by atoms with Crippen LogP contribution in [-0.2, 0) is 0 Å². The highest BCUT2D eigenvalue weighted by Crippen LogP contribution is 2.32. The number of carboxylic acids is 1. The predicted molar refractivity (Wildman–Crippen MR) is 82.1 cm³/mol. The Morgan fingerprint density at radius 2 is 2.14 bits per heavy atom. The minimum Gasteiger partial charge on any atom is -0.478 e. The fourth-order valence-electron chi connectivity index (χ4n) is 1.45. The first kappa shape index (κ1) is 15.4. The number of hydrogen-bond acceptors (Lipinski definition) is 5. The van der Waals surface area contributed by atoms with E-state index in [0.717, 1.165) is 15.8 Å². The number of hydrogen-bond donors (Lipinski definition) is 1. The number of aromatic nitrogens is 1. The zero-order valence-electron chi connectivity index (χ0n) is 10.1. The Morgan fingerprint density at radius 3 is 2.71 bits per heavy atom. The second-order valence-corrected chi connectivity index (χ2v) is 5.44. The highest BCUT2D eigenvalue weighted by molar-refractivity contribution is 14.1. The third kappa shape index (κ3) is 3.58. The monoisotopic (exact) mass is 420 g/mol. The molecule has 0 amide bonds. The summed E-state index contributed by atoms with van der Waals surface area (Å²) < 4.78 is 6.06. The molecule has 1 heterocycles. The van der Waals surface area contributed by atoms with Gasteiger partial charge in [-0.1, -0.05) is 11.6 Å². The predicted octanol–water partition coefficient (Wildman–Crippen LogP) is 3.74. The maximum absolute atomic E-state index is 11.2. The van der Waals surface area contributed by atoms with Crippen LogP contribution in [0.1, 0.15) is 10.4 Å². The quantitative estimate of drug-likeness (QED) is 0.459. The lowest BCUT2D eigenvalue weighted by Crippen LogP contribution is -2.01. The van der Waals surface area contributed by atoms with Crippen molar-refractivity contribution in [2.75, 3.05) is 0 Å². The number of benzene rings is 1. The summed E-state index contributed by atoms with van der Waals surface area (Å²) in [5.41, 5.74) is -0.341. The molecule has 0 spiro atoms. The van der Waals surface area contributed by atoms with E-state index in [1.807, 2.05) is 22.6 Å². The lowest BCUT2D eigenvalue weighted by Gasteiger charge is -2.09. The molecule has 2 rings (SSSR count). The molecule has 1 aromatic carbocycles. The fraction of sp³-hybridized carbons (Fsp3) is 0. The number of carbonyl (C=O) groups is 1. The summed E-state index contributed by atoms with van der Waals surface area (Å²) in [7, 11) is 0. The average Bonchev–Trinajstić information content (AvgIpc) is 2.42. The Morgan fingerprint density at radius 1 is 1.43 bits per heavy atom. The molecular weight excluding hydrogens is 414 g/mol. The van der Waals surface area contributed by atoms with Gasteiger partial charge >= 0.3 is 5.97 Å². The van der Waals surface area contributed by atoms with Crippen LogP contribution in [0.25, 0.3) is 0 Å². The first-order chi connectivity index (χ1) is 9.88. The Hall–Kier alpha value is -1.94. The van der Waals surface area contributed by atoms with Crippen molar-refractivity contribution in [3.63, 3.8) is 0 Å². The minimum absolute atomic E-state index is 0.0474. The maximum atomic E-state index is 11.2. The van der Waals surface area contributed by atoms with Crippen LogP contribution in [0.2, 0.25) is 5.02 Å². The number of nitro groups is 1. The van der Waals surface area contributed by atoms with Crippen molar-refractivity contribution in [3.8, 4) is 11.6 Å². The van der Waals surface area contributed by atoms with Crippen molar-refractivity contribution >= 4 is 45.8 Å². The van der Waals surface area contributed by atoms with Gasteiger partial charge in [0.2, 0.25) is 5.88 Å². The maximum Gasteiger partial charge on any atom is 0.339 e. The van der Waals surface area contributed by atoms with Crippen LogP contribution in [-0.4, -0.2) is 21.0 Å². The molecule has 0 fully saturated rings. The van der Waals surface area contributed by atoms with Gasteiger partial charge in [-0.15, -0.1) is 0 Å². The second-order valence-electron chi connectivity index (χ2n) is 3.79. The van der Waals surface area contributed by atoms with Crippen LogP contribution >= 0.6 is 34.2 Å². The molecule has 0 bridgehead atoms. The molecule has 0 radical (unpaired) electrons. The molecule has 0 unspecified atom stereocenters. The standard InChI is InChI=1S/C12H6ClIN2O5/c13-9-4-7(16(19)20)5-15-11(9)21-10-2-1-6(14)3-8(10)12(17)18/h1-5H,(H,17,18). The summed E-state index contributed by atoms with van der Waals surface area (Å²) >= 11 is 7.81. The van der Waals surface area contributed by atoms with E-state index in [1.165, 1.54) is 12.1 Å². The first-order valence-electron chi connectivity index (χ1n) is 5.39. The van der Waals surface area contributed by atoms with E-state index in [9.17, 15) is 14.9 Å². The number of pyridine rings is 1. The van der Waals surface area contributed by atoms with Crippen LogP contribution in [0.5, 0.6) is 11.6 Å². The molecule has 9 heteroatoms. The normalized spacial score (nSPS) is 10.2.